The van der Waals surface area contributed by atoms with Crippen LogP contribution in [0.15, 0.2) is 40.0 Å². The lowest BCUT2D eigenvalue weighted by Crippen LogP contribution is -2.40. The van der Waals surface area contributed by atoms with Crippen LogP contribution in [-0.4, -0.2) is 103 Å². The smallest absolute Gasteiger partial charge is 0.264 e. The second kappa shape index (κ2) is 19.8. The number of carbonyl (C=O) groups is 2. The number of rotatable bonds is 10. The van der Waals surface area contributed by atoms with Crippen LogP contribution in [0.25, 0.3) is 5.70 Å². The monoisotopic (exact) mass is 792 g/mol. The van der Waals surface area contributed by atoms with Crippen molar-refractivity contribution in [3.05, 3.63) is 57.9 Å². The number of methoxy groups -OCH3 is 1. The number of benzene rings is 1. The zero-order chi connectivity index (χ0) is 41.3. The fraction of sp³-hybridized carbons (Fsp3) is 0.605. The van der Waals surface area contributed by atoms with Crippen LogP contribution < -0.4 is 16.4 Å². The molecule has 1 aromatic heterocycles. The first-order valence-corrected chi connectivity index (χ1v) is 20.4. The fourth-order valence-electron chi connectivity index (χ4n) is 8.25. The number of allylic oxidation sites excluding steroid dienone is 2. The normalized spacial score (nSPS) is 21.5. The van der Waals surface area contributed by atoms with Crippen molar-refractivity contribution in [2.24, 2.45) is 27.4 Å². The summed E-state index contributed by atoms with van der Waals surface area (Å²) in [5.74, 6) is 1.43. The number of anilines is 2. The van der Waals surface area contributed by atoms with Gasteiger partial charge < -0.3 is 30.9 Å². The molecule has 0 atom stereocenters. The summed E-state index contributed by atoms with van der Waals surface area (Å²) >= 11 is 0. The lowest BCUT2D eigenvalue weighted by molar-refractivity contribution is -0.129. The minimum Gasteiger partial charge on any atom is -0.404 e. The highest BCUT2D eigenvalue weighted by Crippen LogP contribution is 2.42. The molecule has 4 heterocycles. The number of ether oxygens (including phenoxy) is 1. The largest absolute Gasteiger partial charge is 0.404 e. The first kappa shape index (κ1) is 43.7. The van der Waals surface area contributed by atoms with E-state index in [-0.39, 0.29) is 34.9 Å². The number of halogens is 2. The molecule has 1 aromatic carbocycles. The van der Waals surface area contributed by atoms with Gasteiger partial charge in [-0.2, -0.15) is 5.10 Å². The van der Waals surface area contributed by atoms with Crippen LogP contribution in [0.1, 0.15) is 113 Å². The summed E-state index contributed by atoms with van der Waals surface area (Å²) in [6.07, 6.45) is 12.5. The minimum absolute atomic E-state index is 0.0214. The first-order chi connectivity index (χ1) is 27.3. The Labute approximate surface area is 337 Å². The molecule has 0 unspecified atom stereocenters. The van der Waals surface area contributed by atoms with Crippen molar-refractivity contribution in [1.29, 1.82) is 0 Å². The van der Waals surface area contributed by atoms with Crippen LogP contribution in [0.3, 0.4) is 0 Å². The van der Waals surface area contributed by atoms with Crippen LogP contribution in [0, 0.1) is 5.92 Å². The summed E-state index contributed by atoms with van der Waals surface area (Å²) in [5, 5.41) is 5.29. The molecule has 0 spiro atoms. The highest BCUT2D eigenvalue weighted by molar-refractivity contribution is 6.01. The van der Waals surface area contributed by atoms with E-state index < -0.39 is 6.43 Å². The summed E-state index contributed by atoms with van der Waals surface area (Å²) < 4.78 is 36.2. The maximum absolute atomic E-state index is 14.5. The number of aldehydes is 1. The van der Waals surface area contributed by atoms with Crippen molar-refractivity contribution < 1.29 is 23.1 Å². The predicted octanol–water partition coefficient (Wildman–Crippen LogP) is 6.55. The van der Waals surface area contributed by atoms with Crippen molar-refractivity contribution in [2.75, 3.05) is 51.8 Å². The topological polar surface area (TPSA) is 148 Å². The highest BCUT2D eigenvalue weighted by Gasteiger charge is 2.35. The van der Waals surface area contributed by atoms with Gasteiger partial charge in [0.25, 0.3) is 6.43 Å². The Morgan fingerprint density at radius 1 is 1.07 bits per heavy atom. The van der Waals surface area contributed by atoms with E-state index in [0.717, 1.165) is 106 Å². The molecular weight excluding hydrogens is 729 g/mol. The molecule has 1 saturated carbocycles. The molecular formula is C43H63F2N9O3. The molecule has 12 nitrogen and oxygen atoms in total. The van der Waals surface area contributed by atoms with Gasteiger partial charge >= 0.3 is 0 Å². The first-order valence-electron chi connectivity index (χ1n) is 20.4. The van der Waals surface area contributed by atoms with Crippen LogP contribution >= 0.6 is 0 Å². The Hall–Kier alpha value is -4.43. The molecule has 4 N–H and O–H groups in total. The molecule has 1 aliphatic carbocycles. The maximum atomic E-state index is 14.5. The molecule has 4 aliphatic rings. The number of aryl methyl sites for hydroxylation is 1. The predicted molar refractivity (Wildman–Crippen MR) is 224 cm³/mol. The quantitative estimate of drug-likeness (QED) is 0.157. The van der Waals surface area contributed by atoms with E-state index in [1.165, 1.54) is 12.4 Å². The Bertz CT molecular complexity index is 1810. The molecule has 3 aliphatic heterocycles. The number of aromatic nitrogens is 2. The van der Waals surface area contributed by atoms with Crippen LogP contribution in [-0.2, 0) is 33.7 Å². The van der Waals surface area contributed by atoms with Crippen molar-refractivity contribution in [3.8, 4) is 0 Å². The molecule has 14 heteroatoms. The van der Waals surface area contributed by atoms with Gasteiger partial charge in [-0.1, -0.05) is 0 Å². The molecule has 6 rings (SSSR count). The molecule has 0 bridgehead atoms. The number of amides is 1. The molecule has 312 valence electrons. The number of fused-ring (bicyclic) bond motifs is 2. The average molecular weight is 792 g/mol. The molecule has 0 radical (unpaired) electrons. The van der Waals surface area contributed by atoms with Gasteiger partial charge in [-0.3, -0.25) is 24.3 Å². The van der Waals surface area contributed by atoms with Gasteiger partial charge in [-0.05, 0) is 102 Å². The third-order valence-corrected chi connectivity index (χ3v) is 11.7. The SMILES string of the molecule is CN=C/C=C(\N)c1cc2c(cc1C(F)F)N(c1nn(C3CCN(CC4CCC(N=C/C(C=O)=C\N)CC4)CC3)c3c1CN(C(C)=O)CC3)CCC2.COC(C)(C)C. The van der Waals surface area contributed by atoms with E-state index >= 15 is 0 Å². The summed E-state index contributed by atoms with van der Waals surface area (Å²) in [6.45, 7) is 12.5. The van der Waals surface area contributed by atoms with Crippen molar-refractivity contribution in [2.45, 2.75) is 116 Å². The van der Waals surface area contributed by atoms with Crippen molar-refractivity contribution in [3.63, 3.8) is 0 Å². The fourth-order valence-corrected chi connectivity index (χ4v) is 8.25. The van der Waals surface area contributed by atoms with Crippen LogP contribution in [0.2, 0.25) is 0 Å². The number of nitrogens with zero attached hydrogens (tertiary/aromatic N) is 7. The van der Waals surface area contributed by atoms with Gasteiger partial charge in [0.1, 0.15) is 0 Å². The Kier molecular flexibility index (Phi) is 15.2. The number of alkyl halides is 2. The second-order valence-corrected chi connectivity index (χ2v) is 16.6. The van der Waals surface area contributed by atoms with Gasteiger partial charge in [-0.25, -0.2) is 8.78 Å². The van der Waals surface area contributed by atoms with Crippen LogP contribution in [0.5, 0.6) is 0 Å². The summed E-state index contributed by atoms with van der Waals surface area (Å²) in [5.41, 5.74) is 16.5. The number of likely N-dealkylation sites (tertiary alicyclic amines) is 1. The molecule has 2 aromatic rings. The van der Waals surface area contributed by atoms with Crippen LogP contribution in [0.4, 0.5) is 20.3 Å². The van der Waals surface area contributed by atoms with E-state index in [2.05, 4.69) is 24.5 Å². The minimum atomic E-state index is -2.71. The summed E-state index contributed by atoms with van der Waals surface area (Å²) in [6, 6.07) is 3.87. The maximum Gasteiger partial charge on any atom is 0.264 e. The lowest BCUT2D eigenvalue weighted by Gasteiger charge is -2.37. The third-order valence-electron chi connectivity index (χ3n) is 11.7. The standard InChI is InChI=1S/C38H51F2N9O2.C5H12O/c1-25(51)47-17-12-35-33(23-47)38(48-14-3-4-28-18-31(34(42)9-13-43-2)32(37(39)40)19-36(28)48)45-49(35)30-10-15-46(16-11-30)22-26-5-7-29(8-6-26)44-21-27(20-41)24-50;1-5(2,3)6-4/h9,13,18-21,24,26,29-30,37H,3-8,10-12,14-17,22-23,41-42H2,1-2H3;1-4H3/b27-20+,34-9-,43-13?,44-21?;. The van der Waals surface area contributed by atoms with Gasteiger partial charge in [0.05, 0.1) is 18.2 Å². The highest BCUT2D eigenvalue weighted by atomic mass is 19.3. The Balaban J connectivity index is 0.000000959. The van der Waals surface area contributed by atoms with E-state index in [1.807, 2.05) is 31.7 Å². The van der Waals surface area contributed by atoms with E-state index in [0.29, 0.717) is 43.1 Å². The van der Waals surface area contributed by atoms with E-state index in [1.54, 1.807) is 39.4 Å². The number of piperidine rings is 1. The van der Waals surface area contributed by atoms with E-state index in [9.17, 15) is 18.4 Å². The van der Waals surface area contributed by atoms with Gasteiger partial charge in [0.15, 0.2) is 12.1 Å². The van der Waals surface area contributed by atoms with Gasteiger partial charge in [0.2, 0.25) is 5.91 Å². The molecule has 57 heavy (non-hydrogen) atoms. The number of hydrogen-bond acceptors (Lipinski definition) is 10. The molecule has 2 fully saturated rings. The number of aliphatic imine (C=N–C) groups is 2. The van der Waals surface area contributed by atoms with Crippen molar-refractivity contribution >= 4 is 41.8 Å². The van der Waals surface area contributed by atoms with Gasteiger partial charge in [0, 0.05) is 124 Å². The second-order valence-electron chi connectivity index (χ2n) is 16.6. The molecule has 1 amide bonds. The van der Waals surface area contributed by atoms with Crippen molar-refractivity contribution in [1.82, 2.24) is 19.6 Å². The zero-order valence-corrected chi connectivity index (χ0v) is 34.7. The summed E-state index contributed by atoms with van der Waals surface area (Å²) in [4.78, 5) is 38.6. The number of hydrogen-bond donors (Lipinski definition) is 2. The zero-order valence-electron chi connectivity index (χ0n) is 34.7. The third kappa shape index (κ3) is 11.2. The lowest BCUT2D eigenvalue weighted by atomic mass is 9.85. The van der Waals surface area contributed by atoms with Gasteiger partial charge in [-0.15, -0.1) is 0 Å². The Morgan fingerprint density at radius 2 is 1.77 bits per heavy atom. The average Bonchev–Trinajstić information content (AvgIpc) is 3.59. The summed E-state index contributed by atoms with van der Waals surface area (Å²) in [7, 11) is 3.32. The molecule has 1 saturated heterocycles. The number of carbonyl (C=O) groups excluding carboxylic acids is 2. The Morgan fingerprint density at radius 3 is 2.37 bits per heavy atom. The number of nitrogens with two attached hydrogens (primary N) is 2. The van der Waals surface area contributed by atoms with E-state index in [4.69, 9.17) is 21.3 Å².